The molecule has 2 heterocycles. The summed E-state index contributed by atoms with van der Waals surface area (Å²) in [5.74, 6) is 0.620. The minimum Gasteiger partial charge on any atom is -0.497 e. The van der Waals surface area contributed by atoms with Crippen LogP contribution in [0.2, 0.25) is 0 Å². The van der Waals surface area contributed by atoms with Crippen LogP contribution < -0.4 is 10.1 Å². The molecule has 0 radical (unpaired) electrons. The number of amides is 1. The van der Waals surface area contributed by atoms with E-state index in [-0.39, 0.29) is 5.91 Å². The molecule has 1 amide bonds. The number of carbonyl (C=O) groups excluding carboxylic acids is 1. The Morgan fingerprint density at radius 2 is 2.00 bits per heavy atom. The average molecular weight is 417 g/mol. The van der Waals surface area contributed by atoms with Gasteiger partial charge in [-0.3, -0.25) is 9.48 Å². The second kappa shape index (κ2) is 9.62. The van der Waals surface area contributed by atoms with Gasteiger partial charge in [0.25, 0.3) is 5.91 Å². The molecule has 0 saturated heterocycles. The molecule has 1 N–H and O–H groups in total. The quantitative estimate of drug-likeness (QED) is 0.598. The number of methoxy groups -OCH3 is 1. The Bertz CT molecular complexity index is 1070. The van der Waals surface area contributed by atoms with E-state index < -0.39 is 0 Å². The van der Waals surface area contributed by atoms with E-state index in [1.165, 1.54) is 5.57 Å². The highest BCUT2D eigenvalue weighted by molar-refractivity contribution is 6.00. The zero-order valence-corrected chi connectivity index (χ0v) is 18.0. The Morgan fingerprint density at radius 3 is 2.74 bits per heavy atom. The Morgan fingerprint density at radius 1 is 1.16 bits per heavy atom. The number of hydrogen-bond donors (Lipinski definition) is 1. The minimum absolute atomic E-state index is 0.114. The van der Waals surface area contributed by atoms with Crippen molar-refractivity contribution in [1.29, 1.82) is 0 Å². The van der Waals surface area contributed by atoms with Gasteiger partial charge in [0, 0.05) is 31.4 Å². The molecule has 0 unspecified atom stereocenters. The average Bonchev–Trinajstić information content (AvgIpc) is 3.23. The monoisotopic (exact) mass is 416 g/mol. The third kappa shape index (κ3) is 5.22. The number of ether oxygens (including phenoxy) is 1. The van der Waals surface area contributed by atoms with Crippen molar-refractivity contribution in [1.82, 2.24) is 20.0 Å². The van der Waals surface area contributed by atoms with Gasteiger partial charge in [-0.15, -0.1) is 0 Å². The van der Waals surface area contributed by atoms with E-state index in [0.717, 1.165) is 36.4 Å². The summed E-state index contributed by atoms with van der Waals surface area (Å²) in [5.41, 5.74) is 4.48. The first-order valence-corrected chi connectivity index (χ1v) is 10.5. The SMILES string of the molecule is COc1cccc(-c2nn(Cc3ccccc3)cc2C(=O)NCC2=CCN(C)CC2)c1. The third-order valence-corrected chi connectivity index (χ3v) is 5.52. The Hall–Kier alpha value is -3.38. The first kappa shape index (κ1) is 20.9. The second-order valence-corrected chi connectivity index (χ2v) is 7.86. The molecule has 0 aliphatic carbocycles. The highest BCUT2D eigenvalue weighted by Gasteiger charge is 2.19. The van der Waals surface area contributed by atoms with E-state index in [1.807, 2.05) is 53.3 Å². The first-order valence-electron chi connectivity index (χ1n) is 10.5. The number of nitrogens with zero attached hydrogens (tertiary/aromatic N) is 3. The number of rotatable bonds is 7. The number of hydrogen-bond acceptors (Lipinski definition) is 4. The second-order valence-electron chi connectivity index (χ2n) is 7.86. The summed E-state index contributed by atoms with van der Waals surface area (Å²) in [6.07, 6.45) is 5.01. The molecule has 3 aromatic rings. The number of benzene rings is 2. The van der Waals surface area contributed by atoms with E-state index in [0.29, 0.717) is 24.3 Å². The Kier molecular flexibility index (Phi) is 6.48. The van der Waals surface area contributed by atoms with Gasteiger partial charge in [-0.05, 0) is 31.2 Å². The molecule has 1 aliphatic heterocycles. The highest BCUT2D eigenvalue weighted by atomic mass is 16.5. The van der Waals surface area contributed by atoms with Crippen molar-refractivity contribution in [2.24, 2.45) is 0 Å². The molecule has 6 nitrogen and oxygen atoms in total. The maximum absolute atomic E-state index is 13.1. The molecule has 0 saturated carbocycles. The van der Waals surface area contributed by atoms with Crippen LogP contribution in [-0.2, 0) is 6.54 Å². The van der Waals surface area contributed by atoms with E-state index in [4.69, 9.17) is 9.84 Å². The molecule has 160 valence electrons. The summed E-state index contributed by atoms with van der Waals surface area (Å²) < 4.78 is 7.20. The van der Waals surface area contributed by atoms with Gasteiger partial charge in [-0.25, -0.2) is 0 Å². The van der Waals surface area contributed by atoms with E-state index >= 15 is 0 Å². The Balaban J connectivity index is 1.60. The summed E-state index contributed by atoms with van der Waals surface area (Å²) in [6, 6.07) is 17.8. The summed E-state index contributed by atoms with van der Waals surface area (Å²) in [4.78, 5) is 15.4. The van der Waals surface area contributed by atoms with Crippen LogP contribution in [0.25, 0.3) is 11.3 Å². The van der Waals surface area contributed by atoms with Crippen LogP contribution >= 0.6 is 0 Å². The van der Waals surface area contributed by atoms with Crippen LogP contribution in [0.5, 0.6) is 5.75 Å². The van der Waals surface area contributed by atoms with Gasteiger partial charge in [0.05, 0.1) is 19.2 Å². The molecule has 31 heavy (non-hydrogen) atoms. The maximum Gasteiger partial charge on any atom is 0.255 e. The van der Waals surface area contributed by atoms with Crippen LogP contribution in [0.15, 0.2) is 72.4 Å². The molecular weight excluding hydrogens is 388 g/mol. The number of carbonyl (C=O) groups is 1. The molecule has 0 spiro atoms. The largest absolute Gasteiger partial charge is 0.497 e. The van der Waals surface area contributed by atoms with Crippen molar-refractivity contribution in [3.05, 3.63) is 83.6 Å². The van der Waals surface area contributed by atoms with Crippen LogP contribution in [-0.4, -0.2) is 54.4 Å². The predicted octanol–water partition coefficient (Wildman–Crippen LogP) is 3.60. The van der Waals surface area contributed by atoms with E-state index in [2.05, 4.69) is 35.5 Å². The fourth-order valence-corrected chi connectivity index (χ4v) is 3.68. The standard InChI is InChI=1S/C25H28N4O2/c1-28-13-11-19(12-14-28)16-26-25(30)23-18-29(17-20-7-4-3-5-8-20)27-24(23)21-9-6-10-22(15-21)31-2/h3-11,15,18H,12-14,16-17H2,1-2H3,(H,26,30). The summed E-state index contributed by atoms with van der Waals surface area (Å²) >= 11 is 0. The summed E-state index contributed by atoms with van der Waals surface area (Å²) in [6.45, 7) is 3.11. The van der Waals surface area contributed by atoms with Crippen LogP contribution in [0.4, 0.5) is 0 Å². The highest BCUT2D eigenvalue weighted by Crippen LogP contribution is 2.26. The van der Waals surface area contributed by atoms with E-state index in [1.54, 1.807) is 7.11 Å². The molecular formula is C25H28N4O2. The lowest BCUT2D eigenvalue weighted by molar-refractivity contribution is 0.0957. The van der Waals surface area contributed by atoms with Gasteiger partial charge in [0.15, 0.2) is 0 Å². The lowest BCUT2D eigenvalue weighted by Gasteiger charge is -2.22. The molecule has 1 aliphatic rings. The zero-order chi connectivity index (χ0) is 21.6. The third-order valence-electron chi connectivity index (χ3n) is 5.52. The predicted molar refractivity (Wildman–Crippen MR) is 122 cm³/mol. The molecule has 0 fully saturated rings. The fraction of sp³-hybridized carbons (Fsp3) is 0.280. The van der Waals surface area contributed by atoms with Gasteiger partial charge in [-0.2, -0.15) is 5.10 Å². The van der Waals surface area contributed by atoms with Crippen molar-refractivity contribution in [2.75, 3.05) is 33.8 Å². The van der Waals surface area contributed by atoms with Gasteiger partial charge in [-0.1, -0.05) is 54.1 Å². The smallest absolute Gasteiger partial charge is 0.255 e. The number of aromatic nitrogens is 2. The van der Waals surface area contributed by atoms with Gasteiger partial charge >= 0.3 is 0 Å². The van der Waals surface area contributed by atoms with Crippen molar-refractivity contribution in [3.63, 3.8) is 0 Å². The van der Waals surface area contributed by atoms with E-state index in [9.17, 15) is 4.79 Å². The molecule has 4 rings (SSSR count). The van der Waals surface area contributed by atoms with Gasteiger partial charge in [0.2, 0.25) is 0 Å². The van der Waals surface area contributed by atoms with Crippen LogP contribution in [0.3, 0.4) is 0 Å². The van der Waals surface area contributed by atoms with Crippen LogP contribution in [0, 0.1) is 0 Å². The summed E-state index contributed by atoms with van der Waals surface area (Å²) in [7, 11) is 3.74. The maximum atomic E-state index is 13.1. The lowest BCUT2D eigenvalue weighted by atomic mass is 10.1. The summed E-state index contributed by atoms with van der Waals surface area (Å²) in [5, 5.41) is 7.85. The Labute approximate surface area is 183 Å². The lowest BCUT2D eigenvalue weighted by Crippen LogP contribution is -2.30. The normalized spacial score (nSPS) is 14.2. The van der Waals surface area contributed by atoms with Crippen molar-refractivity contribution in [3.8, 4) is 17.0 Å². The molecule has 6 heteroatoms. The minimum atomic E-state index is -0.114. The molecule has 0 bridgehead atoms. The molecule has 1 aromatic heterocycles. The molecule has 2 aromatic carbocycles. The van der Waals surface area contributed by atoms with Crippen molar-refractivity contribution < 1.29 is 9.53 Å². The molecule has 0 atom stereocenters. The van der Waals surface area contributed by atoms with Crippen molar-refractivity contribution in [2.45, 2.75) is 13.0 Å². The van der Waals surface area contributed by atoms with Crippen molar-refractivity contribution >= 4 is 5.91 Å². The van der Waals surface area contributed by atoms with Gasteiger partial charge < -0.3 is 15.0 Å². The first-order chi connectivity index (χ1) is 15.1. The number of nitrogens with one attached hydrogen (secondary N) is 1. The zero-order valence-electron chi connectivity index (χ0n) is 18.0. The van der Waals surface area contributed by atoms with Gasteiger partial charge in [0.1, 0.15) is 11.4 Å². The topological polar surface area (TPSA) is 59.4 Å². The fourth-order valence-electron chi connectivity index (χ4n) is 3.68. The number of likely N-dealkylation sites (N-methyl/N-ethyl adjacent to an activating group) is 1. The van der Waals surface area contributed by atoms with Crippen LogP contribution in [0.1, 0.15) is 22.3 Å².